The molecule has 0 spiro atoms. The third-order valence-electron chi connectivity index (χ3n) is 8.44. The lowest BCUT2D eigenvalue weighted by Gasteiger charge is -2.28. The van der Waals surface area contributed by atoms with E-state index in [4.69, 9.17) is 4.74 Å². The molecule has 44 heavy (non-hydrogen) atoms. The number of carbonyl (C=O) groups excluding carboxylic acids is 1. The number of allylic oxidation sites excluding steroid dienone is 6. The standard InChI is InChI=1S/C40H76NO2.HI/c1-7-10-13-16-19-22-25-28-33-38(34-29-26-23-20-17-14-11-8-2)39(35-30-27-24-21-18-15-12-9-3)43-40(42)36-31-32-37-41(4,5)6;/h19-24,38-39H,7-18,25-37H2,1-6H3;1H/q+1;/p-1/b22-19-,23-20-,24-21-;. The molecule has 0 heterocycles. The second kappa shape index (κ2) is 33.7. The molecule has 0 rings (SSSR count). The van der Waals surface area contributed by atoms with Gasteiger partial charge in [-0.3, -0.25) is 4.79 Å². The number of ether oxygens (including phenoxy) is 1. The van der Waals surface area contributed by atoms with Crippen molar-refractivity contribution in [2.45, 2.75) is 181 Å². The molecule has 4 heteroatoms. The summed E-state index contributed by atoms with van der Waals surface area (Å²) in [6, 6.07) is 0. The van der Waals surface area contributed by atoms with Gasteiger partial charge in [0.2, 0.25) is 0 Å². The largest absolute Gasteiger partial charge is 1.00 e. The van der Waals surface area contributed by atoms with Gasteiger partial charge in [-0.1, -0.05) is 95.8 Å². The molecule has 1 unspecified atom stereocenters. The molecule has 0 aliphatic heterocycles. The van der Waals surface area contributed by atoms with Crippen molar-refractivity contribution >= 4 is 5.97 Å². The van der Waals surface area contributed by atoms with Gasteiger partial charge in [-0.05, 0) is 115 Å². The van der Waals surface area contributed by atoms with Crippen LogP contribution in [0.2, 0.25) is 0 Å². The Morgan fingerprint density at radius 1 is 0.545 bits per heavy atom. The fourth-order valence-corrected chi connectivity index (χ4v) is 5.67. The quantitative estimate of drug-likeness (QED) is 0.0234. The predicted molar refractivity (Wildman–Crippen MR) is 192 cm³/mol. The average molecular weight is 730 g/mol. The minimum atomic E-state index is 0. The van der Waals surface area contributed by atoms with Crippen molar-refractivity contribution in [3.8, 4) is 0 Å². The summed E-state index contributed by atoms with van der Waals surface area (Å²) in [5.41, 5.74) is 0. The molecule has 0 aromatic heterocycles. The Balaban J connectivity index is 0. The van der Waals surface area contributed by atoms with Gasteiger partial charge in [0.1, 0.15) is 6.10 Å². The average Bonchev–Trinajstić information content (AvgIpc) is 2.97. The Bertz CT molecular complexity index is 668. The minimum Gasteiger partial charge on any atom is -1.00 e. The van der Waals surface area contributed by atoms with Crippen molar-refractivity contribution in [1.29, 1.82) is 0 Å². The maximum atomic E-state index is 13.1. The van der Waals surface area contributed by atoms with Gasteiger partial charge in [0.25, 0.3) is 0 Å². The SMILES string of the molecule is CCCCC/C=C\CCCC(CCC/C=C\CCCCC)C(CCC/C=C\CCCCC)OC(=O)CCCC[N+](C)(C)C.[I-]. The first-order chi connectivity index (χ1) is 20.8. The molecule has 0 aromatic carbocycles. The smallest absolute Gasteiger partial charge is 0.306 e. The fourth-order valence-electron chi connectivity index (χ4n) is 5.67. The van der Waals surface area contributed by atoms with E-state index in [0.717, 1.165) is 68.8 Å². The topological polar surface area (TPSA) is 26.3 Å². The highest BCUT2D eigenvalue weighted by Crippen LogP contribution is 2.27. The van der Waals surface area contributed by atoms with Crippen LogP contribution in [0.4, 0.5) is 0 Å². The zero-order chi connectivity index (χ0) is 31.9. The fraction of sp³-hybridized carbons (Fsp3) is 0.825. The Morgan fingerprint density at radius 3 is 1.32 bits per heavy atom. The van der Waals surface area contributed by atoms with E-state index in [0.29, 0.717) is 12.3 Å². The molecule has 1 atom stereocenters. The highest BCUT2D eigenvalue weighted by molar-refractivity contribution is 5.69. The van der Waals surface area contributed by atoms with E-state index < -0.39 is 0 Å². The van der Waals surface area contributed by atoms with E-state index in [1.54, 1.807) is 0 Å². The van der Waals surface area contributed by atoms with Gasteiger partial charge in [0.15, 0.2) is 0 Å². The Labute approximate surface area is 293 Å². The molecule has 0 aliphatic carbocycles. The van der Waals surface area contributed by atoms with Gasteiger partial charge in [-0.2, -0.15) is 0 Å². The van der Waals surface area contributed by atoms with E-state index in [2.05, 4.69) is 78.4 Å². The van der Waals surface area contributed by atoms with Crippen LogP contribution < -0.4 is 24.0 Å². The van der Waals surface area contributed by atoms with Gasteiger partial charge in [-0.25, -0.2) is 0 Å². The van der Waals surface area contributed by atoms with Crippen molar-refractivity contribution in [2.24, 2.45) is 5.92 Å². The molecular weight excluding hydrogens is 653 g/mol. The van der Waals surface area contributed by atoms with Crippen molar-refractivity contribution in [2.75, 3.05) is 27.7 Å². The molecule has 0 aromatic rings. The number of hydrogen-bond donors (Lipinski definition) is 0. The molecule has 0 saturated carbocycles. The molecular formula is C40H76INO2. The van der Waals surface area contributed by atoms with E-state index in [1.165, 1.54) is 89.9 Å². The van der Waals surface area contributed by atoms with Gasteiger partial charge in [-0.15, -0.1) is 0 Å². The maximum absolute atomic E-state index is 13.1. The summed E-state index contributed by atoms with van der Waals surface area (Å²) in [5, 5.41) is 0. The zero-order valence-electron chi connectivity index (χ0n) is 30.4. The lowest BCUT2D eigenvalue weighted by atomic mass is 9.87. The predicted octanol–water partition coefficient (Wildman–Crippen LogP) is 9.32. The molecule has 0 saturated heterocycles. The molecule has 260 valence electrons. The molecule has 0 radical (unpaired) electrons. The number of rotatable bonds is 31. The highest BCUT2D eigenvalue weighted by Gasteiger charge is 2.24. The zero-order valence-corrected chi connectivity index (χ0v) is 32.6. The summed E-state index contributed by atoms with van der Waals surface area (Å²) in [6.45, 7) is 7.90. The van der Waals surface area contributed by atoms with Crippen LogP contribution >= 0.6 is 0 Å². The van der Waals surface area contributed by atoms with Crippen molar-refractivity contribution in [1.82, 2.24) is 0 Å². The molecule has 0 N–H and O–H groups in total. The van der Waals surface area contributed by atoms with Crippen molar-refractivity contribution < 1.29 is 38.0 Å². The summed E-state index contributed by atoms with van der Waals surface area (Å²) < 4.78 is 7.30. The summed E-state index contributed by atoms with van der Waals surface area (Å²) in [6.07, 6.45) is 42.4. The molecule has 3 nitrogen and oxygen atoms in total. The summed E-state index contributed by atoms with van der Waals surface area (Å²) >= 11 is 0. The van der Waals surface area contributed by atoms with Gasteiger partial charge in [0, 0.05) is 6.42 Å². The van der Waals surface area contributed by atoms with Gasteiger partial charge in [0.05, 0.1) is 27.7 Å². The van der Waals surface area contributed by atoms with Crippen LogP contribution in [-0.2, 0) is 9.53 Å². The number of unbranched alkanes of at least 4 members (excludes halogenated alkanes) is 13. The third-order valence-corrected chi connectivity index (χ3v) is 8.44. The number of esters is 1. The first-order valence-electron chi connectivity index (χ1n) is 18.8. The van der Waals surface area contributed by atoms with Gasteiger partial charge < -0.3 is 33.2 Å². The Hall–Kier alpha value is -0.620. The monoisotopic (exact) mass is 729 g/mol. The maximum Gasteiger partial charge on any atom is 0.306 e. The molecule has 0 bridgehead atoms. The Kier molecular flexibility index (Phi) is 34.9. The summed E-state index contributed by atoms with van der Waals surface area (Å²) in [7, 11) is 6.66. The number of quaternary nitrogens is 1. The minimum absolute atomic E-state index is 0. The second-order valence-corrected chi connectivity index (χ2v) is 14.0. The second-order valence-electron chi connectivity index (χ2n) is 14.0. The van der Waals surface area contributed by atoms with Crippen LogP contribution in [0.1, 0.15) is 175 Å². The first kappa shape index (κ1) is 45.5. The summed E-state index contributed by atoms with van der Waals surface area (Å²) in [5.74, 6) is 0.490. The van der Waals surface area contributed by atoms with Crippen molar-refractivity contribution in [3.63, 3.8) is 0 Å². The van der Waals surface area contributed by atoms with Crippen LogP contribution in [0.25, 0.3) is 0 Å². The van der Waals surface area contributed by atoms with Crippen LogP contribution in [0, 0.1) is 5.92 Å². The van der Waals surface area contributed by atoms with E-state index in [9.17, 15) is 4.79 Å². The lowest BCUT2D eigenvalue weighted by molar-refractivity contribution is -0.870. The first-order valence-corrected chi connectivity index (χ1v) is 18.8. The number of halogens is 1. The Morgan fingerprint density at radius 2 is 0.932 bits per heavy atom. The lowest BCUT2D eigenvalue weighted by Crippen LogP contribution is -3.00. The van der Waals surface area contributed by atoms with Crippen molar-refractivity contribution in [3.05, 3.63) is 36.5 Å². The number of hydrogen-bond acceptors (Lipinski definition) is 2. The van der Waals surface area contributed by atoms with E-state index in [1.807, 2.05) is 0 Å². The highest BCUT2D eigenvalue weighted by atomic mass is 127. The van der Waals surface area contributed by atoms with Crippen LogP contribution in [-0.4, -0.2) is 44.2 Å². The van der Waals surface area contributed by atoms with Gasteiger partial charge >= 0.3 is 5.97 Å². The number of nitrogens with zero attached hydrogens (tertiary/aromatic N) is 1. The molecule has 0 amide bonds. The van der Waals surface area contributed by atoms with Crippen LogP contribution in [0.3, 0.4) is 0 Å². The normalized spacial score (nSPS) is 13.0. The van der Waals surface area contributed by atoms with E-state index in [-0.39, 0.29) is 36.0 Å². The van der Waals surface area contributed by atoms with Crippen LogP contribution in [0.15, 0.2) is 36.5 Å². The van der Waals surface area contributed by atoms with E-state index >= 15 is 0 Å². The molecule has 0 fully saturated rings. The third kappa shape index (κ3) is 32.8. The molecule has 0 aliphatic rings. The summed E-state index contributed by atoms with van der Waals surface area (Å²) in [4.78, 5) is 13.1. The number of carbonyl (C=O) groups is 1. The van der Waals surface area contributed by atoms with Crippen LogP contribution in [0.5, 0.6) is 0 Å².